The first-order valence-corrected chi connectivity index (χ1v) is 8.05. The second kappa shape index (κ2) is 8.12. The van der Waals surface area contributed by atoms with Crippen LogP contribution in [0.1, 0.15) is 20.3 Å². The topological polar surface area (TPSA) is 35.6 Å². The van der Waals surface area contributed by atoms with E-state index in [0.717, 1.165) is 13.1 Å². The maximum absolute atomic E-state index is 12.1. The minimum atomic E-state index is -4.17. The molecular formula is C13H24F3N3OS. The fraction of sp³-hybridized carbons (Fsp3) is 0.923. The highest BCUT2D eigenvalue weighted by atomic mass is 32.2. The molecule has 1 rings (SSSR count). The van der Waals surface area contributed by atoms with E-state index in [9.17, 15) is 18.0 Å². The zero-order chi connectivity index (χ0) is 16.0. The van der Waals surface area contributed by atoms with E-state index >= 15 is 0 Å². The normalized spacial score (nSPS) is 23.5. The lowest BCUT2D eigenvalue weighted by molar-refractivity contribution is -0.143. The number of rotatable bonds is 5. The van der Waals surface area contributed by atoms with Crippen LogP contribution in [0.4, 0.5) is 18.0 Å². The molecule has 0 saturated carbocycles. The predicted molar refractivity (Wildman–Crippen MR) is 79.7 cm³/mol. The van der Waals surface area contributed by atoms with Gasteiger partial charge in [0.25, 0.3) is 0 Å². The smallest absolute Gasteiger partial charge is 0.338 e. The fourth-order valence-corrected chi connectivity index (χ4v) is 3.71. The van der Waals surface area contributed by atoms with Crippen molar-refractivity contribution in [2.45, 2.75) is 36.9 Å². The number of urea groups is 1. The van der Waals surface area contributed by atoms with E-state index in [1.54, 1.807) is 4.90 Å². The Hall–Kier alpha value is -0.630. The zero-order valence-electron chi connectivity index (χ0n) is 12.7. The van der Waals surface area contributed by atoms with Gasteiger partial charge in [0.2, 0.25) is 0 Å². The Morgan fingerprint density at radius 2 is 1.90 bits per heavy atom. The summed E-state index contributed by atoms with van der Waals surface area (Å²) < 4.78 is 36.4. The van der Waals surface area contributed by atoms with Crippen LogP contribution in [0.15, 0.2) is 0 Å². The van der Waals surface area contributed by atoms with Gasteiger partial charge in [-0.1, -0.05) is 13.8 Å². The third-order valence-corrected chi connectivity index (χ3v) is 4.38. The van der Waals surface area contributed by atoms with E-state index in [4.69, 9.17) is 0 Å². The van der Waals surface area contributed by atoms with Gasteiger partial charge in [0.1, 0.15) is 0 Å². The van der Waals surface area contributed by atoms with Gasteiger partial charge in [-0.15, -0.1) is 0 Å². The van der Waals surface area contributed by atoms with Crippen molar-refractivity contribution in [3.8, 4) is 0 Å². The molecule has 0 aromatic heterocycles. The third kappa shape index (κ3) is 7.80. The fourth-order valence-electron chi connectivity index (χ4n) is 2.38. The molecule has 2 amide bonds. The molecule has 1 fully saturated rings. The van der Waals surface area contributed by atoms with Crippen LogP contribution in [0, 0.1) is 0 Å². The van der Waals surface area contributed by atoms with E-state index in [2.05, 4.69) is 19.2 Å². The van der Waals surface area contributed by atoms with Crippen molar-refractivity contribution in [1.82, 2.24) is 15.1 Å². The number of hydrogen-bond acceptors (Lipinski definition) is 3. The van der Waals surface area contributed by atoms with Gasteiger partial charge in [-0.25, -0.2) is 4.79 Å². The molecule has 1 aliphatic heterocycles. The van der Waals surface area contributed by atoms with Gasteiger partial charge < -0.3 is 10.2 Å². The third-order valence-electron chi connectivity index (χ3n) is 3.15. The van der Waals surface area contributed by atoms with Gasteiger partial charge in [-0.05, 0) is 20.0 Å². The molecule has 0 aromatic carbocycles. The monoisotopic (exact) mass is 327 g/mol. The summed E-state index contributed by atoms with van der Waals surface area (Å²) in [6, 6.07) is -0.118. The van der Waals surface area contributed by atoms with E-state index in [1.807, 2.05) is 11.8 Å². The van der Waals surface area contributed by atoms with Gasteiger partial charge in [0, 0.05) is 30.1 Å². The molecule has 124 valence electrons. The van der Waals surface area contributed by atoms with Crippen LogP contribution >= 0.6 is 11.8 Å². The van der Waals surface area contributed by atoms with Crippen LogP contribution in [0.3, 0.4) is 0 Å². The summed E-state index contributed by atoms with van der Waals surface area (Å²) >= 11 is 1.87. The Kier molecular flexibility index (Phi) is 7.12. The summed E-state index contributed by atoms with van der Waals surface area (Å²) in [5, 5.41) is 3.61. The van der Waals surface area contributed by atoms with Gasteiger partial charge in [0.15, 0.2) is 0 Å². The second-order valence-electron chi connectivity index (χ2n) is 5.60. The molecule has 1 saturated heterocycles. The number of nitrogens with zero attached hydrogens (tertiary/aromatic N) is 2. The molecule has 4 nitrogen and oxygen atoms in total. The molecule has 1 aliphatic rings. The molecular weight excluding hydrogens is 303 g/mol. The van der Waals surface area contributed by atoms with Gasteiger partial charge >= 0.3 is 12.2 Å². The van der Waals surface area contributed by atoms with Gasteiger partial charge in [0.05, 0.1) is 6.54 Å². The van der Waals surface area contributed by atoms with Crippen molar-refractivity contribution in [3.63, 3.8) is 0 Å². The Morgan fingerprint density at radius 1 is 1.33 bits per heavy atom. The number of amides is 2. The largest absolute Gasteiger partial charge is 0.401 e. The van der Waals surface area contributed by atoms with Crippen LogP contribution < -0.4 is 5.32 Å². The van der Waals surface area contributed by atoms with Crippen LogP contribution in [-0.2, 0) is 0 Å². The highest BCUT2D eigenvalue weighted by molar-refractivity contribution is 8.00. The number of hydrogen-bond donors (Lipinski definition) is 1. The maximum Gasteiger partial charge on any atom is 0.401 e. The highest BCUT2D eigenvalue weighted by Crippen LogP contribution is 2.24. The van der Waals surface area contributed by atoms with Gasteiger partial charge in [-0.2, -0.15) is 24.9 Å². The summed E-state index contributed by atoms with van der Waals surface area (Å²) in [4.78, 5) is 15.0. The summed E-state index contributed by atoms with van der Waals surface area (Å²) in [6.45, 7) is 5.40. The van der Waals surface area contributed by atoms with Crippen LogP contribution in [0.25, 0.3) is 0 Å². The lowest BCUT2D eigenvalue weighted by atomic mass is 10.3. The molecule has 1 N–H and O–H groups in total. The molecule has 0 aromatic rings. The summed E-state index contributed by atoms with van der Waals surface area (Å²) in [5.74, 6) is 0. The number of thioether (sulfide) groups is 1. The summed E-state index contributed by atoms with van der Waals surface area (Å²) in [7, 11) is 1.43. The van der Waals surface area contributed by atoms with E-state index < -0.39 is 12.7 Å². The standard InChI is InChI=1S/C13H24F3N3OS/c1-10-7-19(8-11(2)21-10)12(20)17-5-4-6-18(3)9-13(14,15)16/h10-11H,4-9H2,1-3H3,(H,17,20). The first-order chi connectivity index (χ1) is 9.67. The SMILES string of the molecule is CC1CN(C(=O)NCCCN(C)CC(F)(F)F)CC(C)S1. The molecule has 0 bridgehead atoms. The second-order valence-corrected chi connectivity index (χ2v) is 7.48. The first-order valence-electron chi connectivity index (χ1n) is 7.11. The molecule has 1 heterocycles. The van der Waals surface area contributed by atoms with Gasteiger partial charge in [-0.3, -0.25) is 4.90 Å². The minimum Gasteiger partial charge on any atom is -0.338 e. The van der Waals surface area contributed by atoms with E-state index in [0.29, 0.717) is 30.0 Å². The number of carbonyl (C=O) groups is 1. The average molecular weight is 327 g/mol. The predicted octanol–water partition coefficient (Wildman–Crippen LogP) is 2.41. The number of nitrogens with one attached hydrogen (secondary N) is 1. The van der Waals surface area contributed by atoms with Crippen molar-refractivity contribution >= 4 is 17.8 Å². The lowest BCUT2D eigenvalue weighted by Crippen LogP contribution is -2.49. The molecule has 8 heteroatoms. The Bertz CT molecular complexity index is 331. The zero-order valence-corrected chi connectivity index (χ0v) is 13.6. The first kappa shape index (κ1) is 18.4. The summed E-state index contributed by atoms with van der Waals surface area (Å²) in [5.41, 5.74) is 0. The maximum atomic E-state index is 12.1. The number of alkyl halides is 3. The summed E-state index contributed by atoms with van der Waals surface area (Å²) in [6.07, 6.45) is -3.66. The van der Waals surface area contributed by atoms with Crippen molar-refractivity contribution in [3.05, 3.63) is 0 Å². The highest BCUT2D eigenvalue weighted by Gasteiger charge is 2.29. The Balaban J connectivity index is 2.19. The minimum absolute atomic E-state index is 0.118. The lowest BCUT2D eigenvalue weighted by Gasteiger charge is -2.34. The number of carbonyl (C=O) groups excluding carboxylic acids is 1. The van der Waals surface area contributed by atoms with Crippen molar-refractivity contribution in [2.24, 2.45) is 0 Å². The Morgan fingerprint density at radius 3 is 2.43 bits per heavy atom. The average Bonchev–Trinajstić information content (AvgIpc) is 2.31. The molecule has 2 atom stereocenters. The number of halogens is 3. The molecule has 2 unspecified atom stereocenters. The molecule has 0 aliphatic carbocycles. The van der Waals surface area contributed by atoms with Crippen molar-refractivity contribution in [1.29, 1.82) is 0 Å². The van der Waals surface area contributed by atoms with Crippen LogP contribution in [0.5, 0.6) is 0 Å². The van der Waals surface area contributed by atoms with Crippen molar-refractivity contribution < 1.29 is 18.0 Å². The molecule has 0 spiro atoms. The van der Waals surface area contributed by atoms with E-state index in [-0.39, 0.29) is 6.03 Å². The molecule has 0 radical (unpaired) electrons. The van der Waals surface area contributed by atoms with E-state index in [1.165, 1.54) is 11.9 Å². The van der Waals surface area contributed by atoms with Crippen LogP contribution in [0.2, 0.25) is 0 Å². The van der Waals surface area contributed by atoms with Crippen LogP contribution in [-0.4, -0.2) is 72.3 Å². The quantitative estimate of drug-likeness (QED) is 0.788. The Labute approximate surface area is 128 Å². The van der Waals surface area contributed by atoms with Crippen molar-refractivity contribution in [2.75, 3.05) is 39.8 Å². The molecule has 21 heavy (non-hydrogen) atoms.